The molecular formula is C17H20N2O2. The number of benzene rings is 1. The van der Waals surface area contributed by atoms with Gasteiger partial charge in [-0.25, -0.2) is 0 Å². The highest BCUT2D eigenvalue weighted by molar-refractivity contribution is 5.95. The van der Waals surface area contributed by atoms with Crippen molar-refractivity contribution < 1.29 is 9.53 Å². The van der Waals surface area contributed by atoms with Crippen molar-refractivity contribution in [2.24, 2.45) is 5.73 Å². The lowest BCUT2D eigenvalue weighted by Crippen LogP contribution is -2.41. The summed E-state index contributed by atoms with van der Waals surface area (Å²) >= 11 is 0. The fourth-order valence-electron chi connectivity index (χ4n) is 3.09. The number of carbonyl (C=O) groups is 1. The van der Waals surface area contributed by atoms with Gasteiger partial charge in [0.15, 0.2) is 0 Å². The Balaban J connectivity index is 1.72. The van der Waals surface area contributed by atoms with E-state index in [4.69, 9.17) is 10.5 Å². The first-order chi connectivity index (χ1) is 10.2. The standard InChI is InChI=1S/C17H20N2O2/c1-11-4-5-13(9-12(11)3-2-8-18)17(20)19-15-10-14-6-7-16(15)21-14/h4-5,9,14-16H,6-8,10,18H2,1H3,(H,19,20). The molecule has 0 saturated carbocycles. The number of hydrogen-bond acceptors (Lipinski definition) is 3. The Hall–Kier alpha value is -1.83. The minimum atomic E-state index is -0.0491. The van der Waals surface area contributed by atoms with Crippen LogP contribution in [0.4, 0.5) is 0 Å². The minimum Gasteiger partial charge on any atom is -0.373 e. The Kier molecular flexibility index (Phi) is 3.96. The summed E-state index contributed by atoms with van der Waals surface area (Å²) in [7, 11) is 0. The highest BCUT2D eigenvalue weighted by atomic mass is 16.5. The molecule has 2 fully saturated rings. The lowest BCUT2D eigenvalue weighted by Gasteiger charge is -2.20. The molecule has 3 rings (SSSR count). The highest BCUT2D eigenvalue weighted by Gasteiger charge is 2.41. The molecule has 1 amide bonds. The number of ether oxygens (including phenoxy) is 1. The normalized spacial score (nSPS) is 26.3. The summed E-state index contributed by atoms with van der Waals surface area (Å²) in [6, 6.07) is 5.75. The molecule has 4 heteroatoms. The summed E-state index contributed by atoms with van der Waals surface area (Å²) in [6.45, 7) is 2.30. The van der Waals surface area contributed by atoms with Gasteiger partial charge in [-0.1, -0.05) is 17.9 Å². The Morgan fingerprint density at radius 1 is 1.48 bits per heavy atom. The van der Waals surface area contributed by atoms with Gasteiger partial charge < -0.3 is 15.8 Å². The van der Waals surface area contributed by atoms with E-state index in [2.05, 4.69) is 17.2 Å². The third-order valence-electron chi connectivity index (χ3n) is 4.25. The second kappa shape index (κ2) is 5.88. The zero-order valence-corrected chi connectivity index (χ0v) is 12.2. The number of amides is 1. The number of rotatable bonds is 2. The molecule has 3 atom stereocenters. The maximum atomic E-state index is 12.4. The average Bonchev–Trinajstić information content (AvgIpc) is 3.09. The third kappa shape index (κ3) is 2.94. The molecule has 1 aromatic rings. The molecule has 0 radical (unpaired) electrons. The van der Waals surface area contributed by atoms with Crippen molar-refractivity contribution >= 4 is 5.91 Å². The lowest BCUT2D eigenvalue weighted by atomic mass is 9.95. The maximum absolute atomic E-state index is 12.4. The quantitative estimate of drug-likeness (QED) is 0.806. The van der Waals surface area contributed by atoms with Crippen LogP contribution in [0.15, 0.2) is 18.2 Å². The minimum absolute atomic E-state index is 0.0491. The summed E-state index contributed by atoms with van der Waals surface area (Å²) in [5.41, 5.74) is 7.95. The molecule has 2 heterocycles. The fraction of sp³-hybridized carbons (Fsp3) is 0.471. The molecule has 2 aliphatic rings. The van der Waals surface area contributed by atoms with Gasteiger partial charge in [-0.2, -0.15) is 0 Å². The van der Waals surface area contributed by atoms with Crippen LogP contribution in [0.1, 0.15) is 40.7 Å². The molecule has 2 saturated heterocycles. The van der Waals surface area contributed by atoms with Crippen LogP contribution < -0.4 is 11.1 Å². The van der Waals surface area contributed by atoms with Gasteiger partial charge >= 0.3 is 0 Å². The van der Waals surface area contributed by atoms with Gasteiger partial charge in [0.2, 0.25) is 0 Å². The van der Waals surface area contributed by atoms with E-state index in [1.165, 1.54) is 0 Å². The second-order valence-corrected chi connectivity index (χ2v) is 5.73. The number of nitrogens with one attached hydrogen (secondary N) is 1. The number of hydrogen-bond donors (Lipinski definition) is 2. The molecule has 2 aliphatic heterocycles. The lowest BCUT2D eigenvalue weighted by molar-refractivity contribution is 0.0841. The number of aryl methyl sites for hydroxylation is 1. The maximum Gasteiger partial charge on any atom is 0.251 e. The van der Waals surface area contributed by atoms with Crippen LogP contribution in [-0.4, -0.2) is 30.7 Å². The largest absolute Gasteiger partial charge is 0.373 e. The van der Waals surface area contributed by atoms with Crippen LogP contribution >= 0.6 is 0 Å². The first kappa shape index (κ1) is 14.1. The van der Waals surface area contributed by atoms with E-state index in [1.54, 1.807) is 0 Å². The first-order valence-corrected chi connectivity index (χ1v) is 7.43. The second-order valence-electron chi connectivity index (χ2n) is 5.73. The van der Waals surface area contributed by atoms with Crippen molar-refractivity contribution in [3.8, 4) is 11.8 Å². The van der Waals surface area contributed by atoms with Gasteiger partial charge in [0.1, 0.15) is 0 Å². The summed E-state index contributed by atoms with van der Waals surface area (Å²) in [4.78, 5) is 12.4. The Morgan fingerprint density at radius 3 is 3.00 bits per heavy atom. The van der Waals surface area contributed by atoms with Gasteiger partial charge in [0, 0.05) is 11.1 Å². The summed E-state index contributed by atoms with van der Waals surface area (Å²) in [5.74, 6) is 5.79. The zero-order valence-electron chi connectivity index (χ0n) is 12.2. The monoisotopic (exact) mass is 284 g/mol. The van der Waals surface area contributed by atoms with E-state index in [0.717, 1.165) is 30.4 Å². The van der Waals surface area contributed by atoms with Crippen molar-refractivity contribution in [3.63, 3.8) is 0 Å². The number of carbonyl (C=O) groups excluding carboxylic acids is 1. The van der Waals surface area contributed by atoms with Gasteiger partial charge in [-0.3, -0.25) is 4.79 Å². The molecular weight excluding hydrogens is 264 g/mol. The van der Waals surface area contributed by atoms with Crippen molar-refractivity contribution in [3.05, 3.63) is 34.9 Å². The van der Waals surface area contributed by atoms with Crippen LogP contribution in [0.25, 0.3) is 0 Å². The summed E-state index contributed by atoms with van der Waals surface area (Å²) in [5, 5.41) is 3.09. The Morgan fingerprint density at radius 2 is 2.33 bits per heavy atom. The molecule has 0 aliphatic carbocycles. The van der Waals surface area contributed by atoms with Gasteiger partial charge in [-0.15, -0.1) is 0 Å². The van der Waals surface area contributed by atoms with Crippen molar-refractivity contribution in [1.82, 2.24) is 5.32 Å². The van der Waals surface area contributed by atoms with E-state index < -0.39 is 0 Å². The smallest absolute Gasteiger partial charge is 0.251 e. The van der Waals surface area contributed by atoms with Crippen LogP contribution in [0.5, 0.6) is 0 Å². The topological polar surface area (TPSA) is 64.3 Å². The Labute approximate surface area is 125 Å². The number of nitrogens with two attached hydrogens (primary N) is 1. The molecule has 0 aromatic heterocycles. The summed E-state index contributed by atoms with van der Waals surface area (Å²) < 4.78 is 5.77. The molecule has 3 unspecified atom stereocenters. The molecule has 4 nitrogen and oxygen atoms in total. The van der Waals surface area contributed by atoms with E-state index in [-0.39, 0.29) is 18.1 Å². The van der Waals surface area contributed by atoms with E-state index in [0.29, 0.717) is 18.2 Å². The van der Waals surface area contributed by atoms with Crippen LogP contribution in [0.3, 0.4) is 0 Å². The van der Waals surface area contributed by atoms with E-state index in [1.807, 2.05) is 25.1 Å². The third-order valence-corrected chi connectivity index (χ3v) is 4.25. The predicted molar refractivity (Wildman–Crippen MR) is 80.9 cm³/mol. The van der Waals surface area contributed by atoms with E-state index in [9.17, 15) is 4.79 Å². The first-order valence-electron chi connectivity index (χ1n) is 7.43. The van der Waals surface area contributed by atoms with Gasteiger partial charge in [-0.05, 0) is 43.9 Å². The van der Waals surface area contributed by atoms with E-state index >= 15 is 0 Å². The molecule has 1 aromatic carbocycles. The van der Waals surface area contributed by atoms with Crippen LogP contribution in [-0.2, 0) is 4.74 Å². The predicted octanol–water partition coefficient (Wildman–Crippen LogP) is 1.35. The SMILES string of the molecule is Cc1ccc(C(=O)NC2CC3CCC2O3)cc1C#CCN. The fourth-order valence-corrected chi connectivity index (χ4v) is 3.09. The van der Waals surface area contributed by atoms with Crippen LogP contribution in [0.2, 0.25) is 0 Å². The Bertz CT molecular complexity index is 615. The molecule has 21 heavy (non-hydrogen) atoms. The molecule has 110 valence electrons. The van der Waals surface area contributed by atoms with Crippen molar-refractivity contribution in [2.45, 2.75) is 44.4 Å². The van der Waals surface area contributed by atoms with Crippen LogP contribution in [0, 0.1) is 18.8 Å². The van der Waals surface area contributed by atoms with Crippen molar-refractivity contribution in [2.75, 3.05) is 6.54 Å². The molecule has 2 bridgehead atoms. The average molecular weight is 284 g/mol. The molecule has 0 spiro atoms. The number of fused-ring (bicyclic) bond motifs is 2. The summed E-state index contributed by atoms with van der Waals surface area (Å²) in [6.07, 6.45) is 3.64. The van der Waals surface area contributed by atoms with Crippen molar-refractivity contribution in [1.29, 1.82) is 0 Å². The molecule has 3 N–H and O–H groups in total. The van der Waals surface area contributed by atoms with Gasteiger partial charge in [0.05, 0.1) is 24.8 Å². The zero-order chi connectivity index (χ0) is 14.8. The van der Waals surface area contributed by atoms with Gasteiger partial charge in [0.25, 0.3) is 5.91 Å². The highest BCUT2D eigenvalue weighted by Crippen LogP contribution is 2.34.